The molecule has 1 atom stereocenters. The lowest BCUT2D eigenvalue weighted by Gasteiger charge is -2.28. The Hall–Kier alpha value is 0.270. The van der Waals surface area contributed by atoms with Gasteiger partial charge >= 0.3 is 0 Å². The predicted molar refractivity (Wildman–Crippen MR) is 54.7 cm³/mol. The quantitative estimate of drug-likeness (QED) is 0.719. The zero-order chi connectivity index (χ0) is 8.81. The minimum absolute atomic E-state index is 0.0990. The molecule has 0 aromatic rings. The Labute approximate surface area is 79.3 Å². The topological polar surface area (TPSA) is 23.5 Å². The van der Waals surface area contributed by atoms with Gasteiger partial charge in [-0.15, -0.1) is 0 Å². The number of nitrogens with zero attached hydrogens (tertiary/aromatic N) is 1. The molecular formula is C9H19NOS. The molecule has 3 heteroatoms. The molecule has 1 N–H and O–H groups in total. The van der Waals surface area contributed by atoms with Gasteiger partial charge in [0.15, 0.2) is 0 Å². The van der Waals surface area contributed by atoms with Gasteiger partial charge < -0.3 is 5.11 Å². The highest BCUT2D eigenvalue weighted by atomic mass is 32.2. The second kappa shape index (κ2) is 5.84. The van der Waals surface area contributed by atoms with Gasteiger partial charge in [-0.05, 0) is 6.42 Å². The molecule has 72 valence electrons. The van der Waals surface area contributed by atoms with E-state index in [-0.39, 0.29) is 6.10 Å². The van der Waals surface area contributed by atoms with Crippen LogP contribution in [0.2, 0.25) is 0 Å². The minimum Gasteiger partial charge on any atom is -0.392 e. The third-order valence-corrected chi connectivity index (χ3v) is 3.14. The van der Waals surface area contributed by atoms with E-state index >= 15 is 0 Å². The molecule has 1 unspecified atom stereocenters. The predicted octanol–water partition coefficient (Wildman–Crippen LogP) is 1.20. The number of β-amino-alcohol motifs (C(OH)–C–C–N with tert-alkyl or cyclic N) is 1. The standard InChI is InChI=1S/C9H19NOS/c1-2-3-9(11)8-10-4-6-12-7-5-10/h9,11H,2-8H2,1H3. The highest BCUT2D eigenvalue weighted by Crippen LogP contribution is 2.10. The van der Waals surface area contributed by atoms with Crippen LogP contribution in [0, 0.1) is 0 Å². The van der Waals surface area contributed by atoms with Crippen molar-refractivity contribution in [3.63, 3.8) is 0 Å². The molecular weight excluding hydrogens is 170 g/mol. The summed E-state index contributed by atoms with van der Waals surface area (Å²) in [5.74, 6) is 2.47. The molecule has 0 aromatic heterocycles. The molecule has 2 nitrogen and oxygen atoms in total. The third kappa shape index (κ3) is 3.78. The van der Waals surface area contributed by atoms with Gasteiger partial charge in [-0.1, -0.05) is 13.3 Å². The van der Waals surface area contributed by atoms with Gasteiger partial charge in [0.2, 0.25) is 0 Å². The number of hydrogen-bond acceptors (Lipinski definition) is 3. The molecule has 1 rings (SSSR count). The fraction of sp³-hybridized carbons (Fsp3) is 1.00. The number of hydrogen-bond donors (Lipinski definition) is 1. The summed E-state index contributed by atoms with van der Waals surface area (Å²) in [5.41, 5.74) is 0. The molecule has 1 aliphatic rings. The van der Waals surface area contributed by atoms with E-state index in [1.165, 1.54) is 11.5 Å². The average molecular weight is 189 g/mol. The Morgan fingerprint density at radius 1 is 1.42 bits per heavy atom. The average Bonchev–Trinajstić information content (AvgIpc) is 2.06. The van der Waals surface area contributed by atoms with Gasteiger partial charge in [0.25, 0.3) is 0 Å². The summed E-state index contributed by atoms with van der Waals surface area (Å²) in [6, 6.07) is 0. The molecule has 0 aliphatic carbocycles. The van der Waals surface area contributed by atoms with Crippen LogP contribution in [0.25, 0.3) is 0 Å². The molecule has 0 bridgehead atoms. The summed E-state index contributed by atoms with van der Waals surface area (Å²) in [6.07, 6.45) is 1.94. The van der Waals surface area contributed by atoms with Crippen molar-refractivity contribution in [2.45, 2.75) is 25.9 Å². The second-order valence-corrected chi connectivity index (χ2v) is 4.58. The molecule has 0 saturated carbocycles. The zero-order valence-corrected chi connectivity index (χ0v) is 8.65. The first-order chi connectivity index (χ1) is 5.83. The van der Waals surface area contributed by atoms with Gasteiger partial charge in [0.05, 0.1) is 6.10 Å². The van der Waals surface area contributed by atoms with Crippen LogP contribution >= 0.6 is 11.8 Å². The molecule has 1 fully saturated rings. The minimum atomic E-state index is -0.0990. The Morgan fingerprint density at radius 3 is 2.67 bits per heavy atom. The highest BCUT2D eigenvalue weighted by molar-refractivity contribution is 7.99. The monoisotopic (exact) mass is 189 g/mol. The summed E-state index contributed by atoms with van der Waals surface area (Å²) in [4.78, 5) is 2.37. The largest absolute Gasteiger partial charge is 0.392 e. The van der Waals surface area contributed by atoms with Crippen molar-refractivity contribution >= 4 is 11.8 Å². The SMILES string of the molecule is CCCC(O)CN1CCSCC1. The van der Waals surface area contributed by atoms with Crippen LogP contribution in [0.3, 0.4) is 0 Å². The fourth-order valence-corrected chi connectivity index (χ4v) is 2.49. The van der Waals surface area contributed by atoms with Crippen molar-refractivity contribution in [2.75, 3.05) is 31.1 Å². The van der Waals surface area contributed by atoms with E-state index in [2.05, 4.69) is 11.8 Å². The van der Waals surface area contributed by atoms with E-state index in [1.807, 2.05) is 11.8 Å². The number of aliphatic hydroxyl groups excluding tert-OH is 1. The summed E-state index contributed by atoms with van der Waals surface area (Å²) >= 11 is 2.02. The molecule has 12 heavy (non-hydrogen) atoms. The molecule has 0 radical (unpaired) electrons. The van der Waals surface area contributed by atoms with Crippen molar-refractivity contribution in [2.24, 2.45) is 0 Å². The van der Waals surface area contributed by atoms with Crippen LogP contribution in [0.4, 0.5) is 0 Å². The third-order valence-electron chi connectivity index (χ3n) is 2.19. The Kier molecular flexibility index (Phi) is 5.04. The Bertz CT molecular complexity index is 115. The van der Waals surface area contributed by atoms with Gasteiger partial charge in [-0.3, -0.25) is 4.90 Å². The van der Waals surface area contributed by atoms with Crippen molar-refractivity contribution in [3.8, 4) is 0 Å². The van der Waals surface area contributed by atoms with Crippen LogP contribution in [-0.4, -0.2) is 47.3 Å². The van der Waals surface area contributed by atoms with Crippen molar-refractivity contribution in [3.05, 3.63) is 0 Å². The van der Waals surface area contributed by atoms with Crippen molar-refractivity contribution < 1.29 is 5.11 Å². The molecule has 0 aromatic carbocycles. The Morgan fingerprint density at radius 2 is 2.08 bits per heavy atom. The normalized spacial score (nSPS) is 22.5. The summed E-state index contributed by atoms with van der Waals surface area (Å²) in [5, 5.41) is 9.55. The zero-order valence-electron chi connectivity index (χ0n) is 7.83. The maximum Gasteiger partial charge on any atom is 0.0667 e. The molecule has 0 spiro atoms. The lowest BCUT2D eigenvalue weighted by Crippen LogP contribution is -2.38. The van der Waals surface area contributed by atoms with Gasteiger partial charge in [-0.2, -0.15) is 11.8 Å². The van der Waals surface area contributed by atoms with E-state index in [0.717, 1.165) is 32.5 Å². The highest BCUT2D eigenvalue weighted by Gasteiger charge is 2.13. The summed E-state index contributed by atoms with van der Waals surface area (Å²) < 4.78 is 0. The van der Waals surface area contributed by atoms with Gasteiger partial charge in [-0.25, -0.2) is 0 Å². The molecule has 0 amide bonds. The van der Waals surface area contributed by atoms with Crippen LogP contribution in [0.5, 0.6) is 0 Å². The van der Waals surface area contributed by atoms with E-state index in [0.29, 0.717) is 0 Å². The summed E-state index contributed by atoms with van der Waals surface area (Å²) in [6.45, 7) is 5.32. The molecule has 1 heterocycles. The van der Waals surface area contributed by atoms with Gasteiger partial charge in [0.1, 0.15) is 0 Å². The first-order valence-electron chi connectivity index (χ1n) is 4.81. The number of aliphatic hydroxyl groups is 1. The van der Waals surface area contributed by atoms with E-state index in [9.17, 15) is 5.11 Å². The van der Waals surface area contributed by atoms with Crippen LogP contribution in [0.1, 0.15) is 19.8 Å². The van der Waals surface area contributed by atoms with Gasteiger partial charge in [0, 0.05) is 31.1 Å². The van der Waals surface area contributed by atoms with E-state index in [1.54, 1.807) is 0 Å². The van der Waals surface area contributed by atoms with E-state index in [4.69, 9.17) is 0 Å². The Balaban J connectivity index is 2.11. The molecule has 1 aliphatic heterocycles. The lowest BCUT2D eigenvalue weighted by atomic mass is 10.2. The smallest absolute Gasteiger partial charge is 0.0667 e. The van der Waals surface area contributed by atoms with Crippen molar-refractivity contribution in [1.29, 1.82) is 0 Å². The van der Waals surface area contributed by atoms with Crippen LogP contribution < -0.4 is 0 Å². The number of thioether (sulfide) groups is 1. The summed E-state index contributed by atoms with van der Waals surface area (Å²) in [7, 11) is 0. The lowest BCUT2D eigenvalue weighted by molar-refractivity contribution is 0.110. The maximum absolute atomic E-state index is 9.55. The van der Waals surface area contributed by atoms with Crippen molar-refractivity contribution in [1.82, 2.24) is 4.90 Å². The fourth-order valence-electron chi connectivity index (χ4n) is 1.51. The first kappa shape index (κ1) is 10.4. The molecule has 1 saturated heterocycles. The van der Waals surface area contributed by atoms with Crippen LogP contribution in [-0.2, 0) is 0 Å². The second-order valence-electron chi connectivity index (χ2n) is 3.36. The number of rotatable bonds is 4. The van der Waals surface area contributed by atoms with Crippen LogP contribution in [0.15, 0.2) is 0 Å². The van der Waals surface area contributed by atoms with E-state index < -0.39 is 0 Å². The first-order valence-corrected chi connectivity index (χ1v) is 5.96. The maximum atomic E-state index is 9.55.